The molecule has 1 aliphatic carbocycles. The maximum absolute atomic E-state index is 13.2. The predicted molar refractivity (Wildman–Crippen MR) is 70.4 cm³/mol. The van der Waals surface area contributed by atoms with Gasteiger partial charge < -0.3 is 11.1 Å². The van der Waals surface area contributed by atoms with Gasteiger partial charge in [0, 0.05) is 17.4 Å². The van der Waals surface area contributed by atoms with E-state index < -0.39 is 0 Å². The Morgan fingerprint density at radius 1 is 1.24 bits per heavy atom. The van der Waals surface area contributed by atoms with E-state index in [1.165, 1.54) is 25.0 Å². The minimum atomic E-state index is -0.274. The molecule has 3 N–H and O–H groups in total. The number of anilines is 2. The summed E-state index contributed by atoms with van der Waals surface area (Å²) in [6, 6.07) is 5.09. The van der Waals surface area contributed by atoms with Gasteiger partial charge in [0.1, 0.15) is 5.82 Å². The van der Waals surface area contributed by atoms with E-state index in [0.29, 0.717) is 17.6 Å². The molecule has 3 heteroatoms. The van der Waals surface area contributed by atoms with Gasteiger partial charge in [0.05, 0.1) is 0 Å². The van der Waals surface area contributed by atoms with E-state index in [2.05, 4.69) is 19.2 Å². The standard InChI is InChI=1S/C14H21FN2/c1-9-4-3-5-14(10(9)2)17-13-7-11(15)6-12(16)8-13/h6-10,14,17H,3-5,16H2,1-2H3. The quantitative estimate of drug-likeness (QED) is 0.769. The SMILES string of the molecule is CC1CCCC(Nc2cc(N)cc(F)c2)C1C. The lowest BCUT2D eigenvalue weighted by Crippen LogP contribution is -2.35. The summed E-state index contributed by atoms with van der Waals surface area (Å²) in [5.74, 6) is 1.07. The number of hydrogen-bond acceptors (Lipinski definition) is 2. The largest absolute Gasteiger partial charge is 0.399 e. The molecule has 0 bridgehead atoms. The Morgan fingerprint density at radius 2 is 2.00 bits per heavy atom. The number of benzene rings is 1. The monoisotopic (exact) mass is 236 g/mol. The summed E-state index contributed by atoms with van der Waals surface area (Å²) >= 11 is 0. The number of nitrogens with one attached hydrogen (secondary N) is 1. The van der Waals surface area contributed by atoms with Gasteiger partial charge in [-0.1, -0.05) is 26.7 Å². The Morgan fingerprint density at radius 3 is 2.71 bits per heavy atom. The summed E-state index contributed by atoms with van der Waals surface area (Å²) in [5, 5.41) is 3.42. The maximum Gasteiger partial charge on any atom is 0.127 e. The number of halogens is 1. The first-order valence-electron chi connectivity index (χ1n) is 6.39. The van der Waals surface area contributed by atoms with Crippen LogP contribution in [0.15, 0.2) is 18.2 Å². The van der Waals surface area contributed by atoms with Crippen LogP contribution in [0, 0.1) is 17.7 Å². The van der Waals surface area contributed by atoms with Crippen molar-refractivity contribution in [3.8, 4) is 0 Å². The predicted octanol–water partition coefficient (Wildman–Crippen LogP) is 3.64. The summed E-state index contributed by atoms with van der Waals surface area (Å²) in [5.41, 5.74) is 6.92. The van der Waals surface area contributed by atoms with E-state index in [0.717, 1.165) is 18.0 Å². The molecule has 1 saturated carbocycles. The molecule has 0 radical (unpaired) electrons. The van der Waals surface area contributed by atoms with Crippen molar-refractivity contribution in [3.05, 3.63) is 24.0 Å². The molecule has 0 amide bonds. The third-order valence-electron chi connectivity index (χ3n) is 3.98. The van der Waals surface area contributed by atoms with Gasteiger partial charge in [0.2, 0.25) is 0 Å². The molecule has 1 fully saturated rings. The normalized spacial score (nSPS) is 29.0. The van der Waals surface area contributed by atoms with E-state index in [-0.39, 0.29) is 5.82 Å². The second-order valence-electron chi connectivity index (χ2n) is 5.29. The number of hydrogen-bond donors (Lipinski definition) is 2. The number of rotatable bonds is 2. The molecule has 94 valence electrons. The van der Waals surface area contributed by atoms with Crippen LogP contribution in [-0.4, -0.2) is 6.04 Å². The van der Waals surface area contributed by atoms with E-state index in [1.54, 1.807) is 6.07 Å². The van der Waals surface area contributed by atoms with Crippen LogP contribution in [0.1, 0.15) is 33.1 Å². The fraction of sp³-hybridized carbons (Fsp3) is 0.571. The highest BCUT2D eigenvalue weighted by Crippen LogP contribution is 2.32. The third-order valence-corrected chi connectivity index (χ3v) is 3.98. The first kappa shape index (κ1) is 12.2. The molecule has 2 rings (SSSR count). The average Bonchev–Trinajstić information content (AvgIpc) is 2.23. The lowest BCUT2D eigenvalue weighted by Gasteiger charge is -2.35. The van der Waals surface area contributed by atoms with Crippen molar-refractivity contribution in [1.29, 1.82) is 0 Å². The summed E-state index contributed by atoms with van der Waals surface area (Å²) in [6.07, 6.45) is 3.69. The van der Waals surface area contributed by atoms with Gasteiger partial charge in [-0.15, -0.1) is 0 Å². The molecule has 1 aromatic carbocycles. The lowest BCUT2D eigenvalue weighted by atomic mass is 9.78. The van der Waals surface area contributed by atoms with Gasteiger partial charge >= 0.3 is 0 Å². The Hall–Kier alpha value is -1.25. The smallest absolute Gasteiger partial charge is 0.127 e. The van der Waals surface area contributed by atoms with Crippen LogP contribution in [0.2, 0.25) is 0 Å². The number of nitrogen functional groups attached to an aromatic ring is 1. The van der Waals surface area contributed by atoms with Crippen LogP contribution in [0.25, 0.3) is 0 Å². The lowest BCUT2D eigenvalue weighted by molar-refractivity contribution is 0.253. The molecule has 2 nitrogen and oxygen atoms in total. The summed E-state index contributed by atoms with van der Waals surface area (Å²) in [7, 11) is 0. The highest BCUT2D eigenvalue weighted by Gasteiger charge is 2.26. The summed E-state index contributed by atoms with van der Waals surface area (Å²) < 4.78 is 13.2. The van der Waals surface area contributed by atoms with E-state index >= 15 is 0 Å². The van der Waals surface area contributed by atoms with E-state index in [1.807, 2.05) is 0 Å². The molecule has 1 aliphatic rings. The topological polar surface area (TPSA) is 38.0 Å². The second kappa shape index (κ2) is 4.94. The molecule has 0 aliphatic heterocycles. The Kier molecular flexibility index (Phi) is 3.55. The van der Waals surface area contributed by atoms with Crippen LogP contribution >= 0.6 is 0 Å². The van der Waals surface area contributed by atoms with Crippen molar-refractivity contribution in [2.75, 3.05) is 11.1 Å². The minimum Gasteiger partial charge on any atom is -0.399 e. The first-order chi connectivity index (χ1) is 8.06. The van der Waals surface area contributed by atoms with Crippen LogP contribution in [0.3, 0.4) is 0 Å². The van der Waals surface area contributed by atoms with Gasteiger partial charge in [-0.05, 0) is 36.5 Å². The summed E-state index contributed by atoms with van der Waals surface area (Å²) in [6.45, 7) is 4.56. The van der Waals surface area contributed by atoms with Crippen LogP contribution in [0.5, 0.6) is 0 Å². The van der Waals surface area contributed by atoms with Gasteiger partial charge in [0.25, 0.3) is 0 Å². The fourth-order valence-electron chi connectivity index (χ4n) is 2.70. The highest BCUT2D eigenvalue weighted by atomic mass is 19.1. The zero-order chi connectivity index (χ0) is 12.4. The molecule has 3 unspecified atom stereocenters. The van der Waals surface area contributed by atoms with Crippen LogP contribution in [0.4, 0.5) is 15.8 Å². The second-order valence-corrected chi connectivity index (χ2v) is 5.29. The average molecular weight is 236 g/mol. The van der Waals surface area contributed by atoms with Gasteiger partial charge in [-0.3, -0.25) is 0 Å². The Labute approximate surface area is 102 Å². The van der Waals surface area contributed by atoms with E-state index in [9.17, 15) is 4.39 Å². The molecular weight excluding hydrogens is 215 g/mol. The van der Waals surface area contributed by atoms with Gasteiger partial charge in [0.15, 0.2) is 0 Å². The van der Waals surface area contributed by atoms with Gasteiger partial charge in [-0.25, -0.2) is 4.39 Å². The molecule has 1 aromatic rings. The fourth-order valence-corrected chi connectivity index (χ4v) is 2.70. The zero-order valence-corrected chi connectivity index (χ0v) is 10.5. The molecule has 17 heavy (non-hydrogen) atoms. The van der Waals surface area contributed by atoms with Crippen molar-refractivity contribution in [2.24, 2.45) is 11.8 Å². The summed E-state index contributed by atoms with van der Waals surface area (Å²) in [4.78, 5) is 0. The Bertz CT molecular complexity index is 372. The molecule has 0 spiro atoms. The van der Waals surface area contributed by atoms with Crippen molar-refractivity contribution in [2.45, 2.75) is 39.2 Å². The number of nitrogens with two attached hydrogens (primary N) is 1. The Balaban J connectivity index is 2.09. The maximum atomic E-state index is 13.2. The van der Waals surface area contributed by atoms with Crippen molar-refractivity contribution in [1.82, 2.24) is 0 Å². The van der Waals surface area contributed by atoms with Crippen molar-refractivity contribution >= 4 is 11.4 Å². The van der Waals surface area contributed by atoms with E-state index in [4.69, 9.17) is 5.73 Å². The molecule has 0 heterocycles. The van der Waals surface area contributed by atoms with Crippen LogP contribution in [-0.2, 0) is 0 Å². The van der Waals surface area contributed by atoms with Crippen molar-refractivity contribution < 1.29 is 4.39 Å². The molecule has 0 aromatic heterocycles. The third kappa shape index (κ3) is 2.90. The zero-order valence-electron chi connectivity index (χ0n) is 10.5. The minimum absolute atomic E-state index is 0.274. The molecule has 3 atom stereocenters. The highest BCUT2D eigenvalue weighted by molar-refractivity contribution is 5.55. The first-order valence-corrected chi connectivity index (χ1v) is 6.39. The molecule has 0 saturated heterocycles. The van der Waals surface area contributed by atoms with Crippen LogP contribution < -0.4 is 11.1 Å². The molecular formula is C14H21FN2. The van der Waals surface area contributed by atoms with Crippen molar-refractivity contribution in [3.63, 3.8) is 0 Å². The van der Waals surface area contributed by atoms with Gasteiger partial charge in [-0.2, -0.15) is 0 Å².